The fourth-order valence-corrected chi connectivity index (χ4v) is 4.53. The van der Waals surface area contributed by atoms with Crippen LogP contribution in [0.15, 0.2) is 53.0 Å². The van der Waals surface area contributed by atoms with Crippen molar-refractivity contribution >= 4 is 15.9 Å². The number of ether oxygens (including phenoxy) is 2. The van der Waals surface area contributed by atoms with Crippen LogP contribution in [0.25, 0.3) is 22.5 Å². The second-order valence-electron chi connectivity index (χ2n) is 6.86. The van der Waals surface area contributed by atoms with E-state index in [4.69, 9.17) is 14.6 Å². The van der Waals surface area contributed by atoms with Crippen molar-refractivity contribution in [3.63, 3.8) is 0 Å². The van der Waals surface area contributed by atoms with E-state index in [1.807, 2.05) is 30.3 Å². The van der Waals surface area contributed by atoms with Gasteiger partial charge in [0.15, 0.2) is 0 Å². The maximum absolute atomic E-state index is 5.44. The van der Waals surface area contributed by atoms with E-state index in [0.29, 0.717) is 6.04 Å². The van der Waals surface area contributed by atoms with Crippen LogP contribution in [0, 0.1) is 0 Å². The molecule has 0 amide bonds. The third-order valence-electron chi connectivity index (χ3n) is 5.21. The van der Waals surface area contributed by atoms with Gasteiger partial charge in [-0.25, -0.2) is 0 Å². The molecule has 27 heavy (non-hydrogen) atoms. The molecule has 0 bridgehead atoms. The van der Waals surface area contributed by atoms with Gasteiger partial charge in [-0.3, -0.25) is 4.68 Å². The molecule has 0 radical (unpaired) electrons. The van der Waals surface area contributed by atoms with Crippen molar-refractivity contribution in [2.24, 2.45) is 0 Å². The van der Waals surface area contributed by atoms with Gasteiger partial charge in [-0.15, -0.1) is 0 Å². The SMILES string of the molecule is COc1cccc(-c2nn(C3CCCC3)c(-c3cccc(OC)c3)c2Br)c1. The summed E-state index contributed by atoms with van der Waals surface area (Å²) in [7, 11) is 3.39. The monoisotopic (exact) mass is 426 g/mol. The minimum Gasteiger partial charge on any atom is -0.497 e. The Morgan fingerprint density at radius 2 is 1.52 bits per heavy atom. The van der Waals surface area contributed by atoms with Crippen molar-refractivity contribution < 1.29 is 9.47 Å². The molecule has 4 nitrogen and oxygen atoms in total. The standard InChI is InChI=1S/C22H23BrN2O2/c1-26-18-11-5-7-15(13-18)21-20(23)22(16-8-6-12-19(14-16)27-2)25(24-21)17-9-3-4-10-17/h5-8,11-14,17H,3-4,9-10H2,1-2H3. The maximum atomic E-state index is 5.44. The minimum absolute atomic E-state index is 0.432. The van der Waals surface area contributed by atoms with Crippen molar-refractivity contribution in [1.82, 2.24) is 9.78 Å². The molecule has 1 saturated carbocycles. The predicted octanol–water partition coefficient (Wildman–Crippen LogP) is 6.11. The second kappa shape index (κ2) is 7.77. The Labute approximate surface area is 168 Å². The molecule has 1 fully saturated rings. The van der Waals surface area contributed by atoms with Crippen molar-refractivity contribution in [3.8, 4) is 34.0 Å². The summed E-state index contributed by atoms with van der Waals surface area (Å²) in [6.45, 7) is 0. The molecule has 1 aromatic heterocycles. The number of halogens is 1. The van der Waals surface area contributed by atoms with E-state index in [1.54, 1.807) is 14.2 Å². The van der Waals surface area contributed by atoms with Gasteiger partial charge in [-0.05, 0) is 53.0 Å². The lowest BCUT2D eigenvalue weighted by molar-refractivity contribution is 0.414. The fourth-order valence-electron chi connectivity index (χ4n) is 3.81. The number of benzene rings is 2. The number of methoxy groups -OCH3 is 2. The van der Waals surface area contributed by atoms with Crippen LogP contribution in [0.2, 0.25) is 0 Å². The van der Waals surface area contributed by atoms with Gasteiger partial charge in [0.25, 0.3) is 0 Å². The average molecular weight is 427 g/mol. The number of hydrogen-bond acceptors (Lipinski definition) is 3. The Bertz CT molecular complexity index is 945. The quantitative estimate of drug-likeness (QED) is 0.493. The Balaban J connectivity index is 1.89. The van der Waals surface area contributed by atoms with Crippen molar-refractivity contribution in [1.29, 1.82) is 0 Å². The molecular formula is C22H23BrN2O2. The Morgan fingerprint density at radius 3 is 2.15 bits per heavy atom. The minimum atomic E-state index is 0.432. The highest BCUT2D eigenvalue weighted by Gasteiger charge is 2.26. The van der Waals surface area contributed by atoms with Crippen LogP contribution in [0.5, 0.6) is 11.5 Å². The van der Waals surface area contributed by atoms with Crippen molar-refractivity contribution in [2.45, 2.75) is 31.7 Å². The highest BCUT2D eigenvalue weighted by Crippen LogP contribution is 2.42. The third-order valence-corrected chi connectivity index (χ3v) is 5.96. The van der Waals surface area contributed by atoms with E-state index < -0.39 is 0 Å². The van der Waals surface area contributed by atoms with Gasteiger partial charge in [-0.1, -0.05) is 37.1 Å². The molecule has 5 heteroatoms. The average Bonchev–Trinajstić information content (AvgIpc) is 3.36. The summed E-state index contributed by atoms with van der Waals surface area (Å²) < 4.78 is 14.1. The van der Waals surface area contributed by atoms with E-state index in [1.165, 1.54) is 25.7 Å². The Morgan fingerprint density at radius 1 is 0.926 bits per heavy atom. The molecule has 0 unspecified atom stereocenters. The number of nitrogens with zero attached hydrogens (tertiary/aromatic N) is 2. The molecule has 1 aliphatic carbocycles. The molecule has 0 atom stereocenters. The van der Waals surface area contributed by atoms with Crippen LogP contribution in [0.4, 0.5) is 0 Å². The van der Waals surface area contributed by atoms with Gasteiger partial charge < -0.3 is 9.47 Å². The van der Waals surface area contributed by atoms with E-state index in [9.17, 15) is 0 Å². The number of rotatable bonds is 5. The molecule has 0 aliphatic heterocycles. The lowest BCUT2D eigenvalue weighted by atomic mass is 10.1. The molecule has 0 spiro atoms. The molecule has 2 aromatic carbocycles. The first kappa shape index (κ1) is 18.1. The lowest BCUT2D eigenvalue weighted by Crippen LogP contribution is -2.08. The fraction of sp³-hybridized carbons (Fsp3) is 0.318. The normalized spacial score (nSPS) is 14.5. The smallest absolute Gasteiger partial charge is 0.119 e. The highest BCUT2D eigenvalue weighted by molar-refractivity contribution is 9.10. The summed E-state index contributed by atoms with van der Waals surface area (Å²) in [5.74, 6) is 1.68. The van der Waals surface area contributed by atoms with E-state index in [-0.39, 0.29) is 0 Å². The predicted molar refractivity (Wildman–Crippen MR) is 111 cm³/mol. The summed E-state index contributed by atoms with van der Waals surface area (Å²) in [5.41, 5.74) is 4.20. The summed E-state index contributed by atoms with van der Waals surface area (Å²) in [5, 5.41) is 5.04. The van der Waals surface area contributed by atoms with Crippen LogP contribution in [0.1, 0.15) is 31.7 Å². The first-order valence-corrected chi connectivity index (χ1v) is 10.1. The van der Waals surface area contributed by atoms with Crippen LogP contribution >= 0.6 is 15.9 Å². The molecule has 4 rings (SSSR count). The summed E-state index contributed by atoms with van der Waals surface area (Å²) in [6.07, 6.45) is 4.85. The summed E-state index contributed by atoms with van der Waals surface area (Å²) in [6, 6.07) is 16.7. The zero-order chi connectivity index (χ0) is 18.8. The van der Waals surface area contributed by atoms with Crippen molar-refractivity contribution in [2.75, 3.05) is 14.2 Å². The van der Waals surface area contributed by atoms with E-state index >= 15 is 0 Å². The van der Waals surface area contributed by atoms with Gasteiger partial charge in [-0.2, -0.15) is 5.10 Å². The summed E-state index contributed by atoms with van der Waals surface area (Å²) >= 11 is 3.85. The Kier molecular flexibility index (Phi) is 5.21. The van der Waals surface area contributed by atoms with E-state index in [2.05, 4.69) is 38.8 Å². The van der Waals surface area contributed by atoms with Crippen LogP contribution in [0.3, 0.4) is 0 Å². The Hall–Kier alpha value is -2.27. The second-order valence-corrected chi connectivity index (χ2v) is 7.65. The molecule has 140 valence electrons. The third kappa shape index (κ3) is 3.48. The van der Waals surface area contributed by atoms with Gasteiger partial charge in [0, 0.05) is 11.1 Å². The van der Waals surface area contributed by atoms with Crippen LogP contribution < -0.4 is 9.47 Å². The van der Waals surface area contributed by atoms with Crippen molar-refractivity contribution in [3.05, 3.63) is 53.0 Å². The molecule has 1 aliphatic rings. The van der Waals surface area contributed by atoms with Gasteiger partial charge in [0.05, 0.1) is 30.4 Å². The molecule has 0 saturated heterocycles. The molecule has 3 aromatic rings. The number of aromatic nitrogens is 2. The topological polar surface area (TPSA) is 36.3 Å². The van der Waals surface area contributed by atoms with Crippen LogP contribution in [-0.4, -0.2) is 24.0 Å². The van der Waals surface area contributed by atoms with Gasteiger partial charge in [0.1, 0.15) is 17.2 Å². The van der Waals surface area contributed by atoms with Gasteiger partial charge in [0.2, 0.25) is 0 Å². The first-order chi connectivity index (χ1) is 13.2. The molecule has 0 N–H and O–H groups in total. The van der Waals surface area contributed by atoms with Gasteiger partial charge >= 0.3 is 0 Å². The first-order valence-electron chi connectivity index (χ1n) is 9.28. The molecular weight excluding hydrogens is 404 g/mol. The largest absolute Gasteiger partial charge is 0.497 e. The maximum Gasteiger partial charge on any atom is 0.119 e. The van der Waals surface area contributed by atoms with E-state index in [0.717, 1.165) is 38.5 Å². The highest BCUT2D eigenvalue weighted by atomic mass is 79.9. The summed E-state index contributed by atoms with van der Waals surface area (Å²) in [4.78, 5) is 0. The zero-order valence-electron chi connectivity index (χ0n) is 15.6. The zero-order valence-corrected chi connectivity index (χ0v) is 17.2. The number of hydrogen-bond donors (Lipinski definition) is 0. The van der Waals surface area contributed by atoms with Crippen LogP contribution in [-0.2, 0) is 0 Å². The lowest BCUT2D eigenvalue weighted by Gasteiger charge is -2.15. The molecule has 1 heterocycles.